The number of nitrogens with two attached hydrogens (primary N) is 1. The van der Waals surface area contributed by atoms with Crippen LogP contribution in [0.1, 0.15) is 59.8 Å². The van der Waals surface area contributed by atoms with Crippen LogP contribution in [0.2, 0.25) is 0 Å². The molecule has 4 N–H and O–H groups in total. The molecule has 0 aromatic carbocycles. The van der Waals surface area contributed by atoms with Gasteiger partial charge in [-0.15, -0.1) is 0 Å². The minimum absolute atomic E-state index is 0.0520. The summed E-state index contributed by atoms with van der Waals surface area (Å²) in [4.78, 5) is 25.2. The summed E-state index contributed by atoms with van der Waals surface area (Å²) in [5.41, 5.74) is 4.68. The maximum Gasteiger partial charge on any atom is 0.332 e. The van der Waals surface area contributed by atoms with Gasteiger partial charge in [-0.1, -0.05) is 27.7 Å². The van der Waals surface area contributed by atoms with Crippen molar-refractivity contribution < 1.29 is 24.5 Å². The highest BCUT2D eigenvalue weighted by Gasteiger charge is 2.68. The van der Waals surface area contributed by atoms with Crippen molar-refractivity contribution >= 4 is 11.8 Å². The third-order valence-corrected chi connectivity index (χ3v) is 8.77. The van der Waals surface area contributed by atoms with Crippen LogP contribution in [0.3, 0.4) is 0 Å². The maximum absolute atomic E-state index is 13.1. The highest BCUT2D eigenvalue weighted by Crippen LogP contribution is 2.67. The SMILES string of the molecule is C[C@@H]1CC[C@@]23CCC(=O)[C@H]2[C@]1(C)[C@H](OC(=O)CO)C[C@@](C)(CN)[C@@H](O)[C@@H]3C. The number of ether oxygens (including phenoxy) is 1. The second kappa shape index (κ2) is 6.82. The molecule has 0 unspecified atom stereocenters. The molecular weight excluding hydrogens is 346 g/mol. The molecule has 0 aromatic rings. The molecule has 6 heteroatoms. The van der Waals surface area contributed by atoms with Gasteiger partial charge in [0.1, 0.15) is 18.5 Å². The minimum Gasteiger partial charge on any atom is -0.460 e. The Bertz CT molecular complexity index is 624. The molecule has 6 nitrogen and oxygen atoms in total. The average Bonchev–Trinajstić information content (AvgIpc) is 3.00. The van der Waals surface area contributed by atoms with E-state index in [4.69, 9.17) is 10.5 Å². The smallest absolute Gasteiger partial charge is 0.332 e. The van der Waals surface area contributed by atoms with E-state index in [0.29, 0.717) is 12.8 Å². The number of carbonyl (C=O) groups excluding carboxylic acids is 2. The first kappa shape index (κ1) is 20.7. The molecule has 0 saturated heterocycles. The van der Waals surface area contributed by atoms with E-state index < -0.39 is 35.6 Å². The van der Waals surface area contributed by atoms with Crippen molar-refractivity contribution in [2.24, 2.45) is 39.7 Å². The zero-order valence-electron chi connectivity index (χ0n) is 17.0. The van der Waals surface area contributed by atoms with Gasteiger partial charge in [-0.25, -0.2) is 4.79 Å². The van der Waals surface area contributed by atoms with Gasteiger partial charge in [0.2, 0.25) is 0 Å². The van der Waals surface area contributed by atoms with Crippen LogP contribution in [0.5, 0.6) is 0 Å². The number of rotatable bonds is 3. The van der Waals surface area contributed by atoms with E-state index in [0.717, 1.165) is 19.3 Å². The second-order valence-electron chi connectivity index (χ2n) is 9.87. The lowest BCUT2D eigenvalue weighted by atomic mass is 9.44. The lowest BCUT2D eigenvalue weighted by Gasteiger charge is -2.62. The zero-order valence-corrected chi connectivity index (χ0v) is 17.0. The molecule has 154 valence electrons. The molecule has 0 radical (unpaired) electrons. The summed E-state index contributed by atoms with van der Waals surface area (Å²) in [7, 11) is 0. The van der Waals surface area contributed by atoms with Gasteiger partial charge in [-0.3, -0.25) is 4.79 Å². The molecule has 27 heavy (non-hydrogen) atoms. The first-order valence-electron chi connectivity index (χ1n) is 10.3. The Kier molecular flexibility index (Phi) is 5.24. The van der Waals surface area contributed by atoms with E-state index in [1.54, 1.807) is 0 Å². The lowest BCUT2D eigenvalue weighted by Crippen LogP contribution is -2.64. The molecule has 8 atom stereocenters. The number of hydrogen-bond donors (Lipinski definition) is 3. The highest BCUT2D eigenvalue weighted by atomic mass is 16.6. The Labute approximate surface area is 161 Å². The topological polar surface area (TPSA) is 110 Å². The van der Waals surface area contributed by atoms with Crippen molar-refractivity contribution in [2.75, 3.05) is 13.2 Å². The maximum atomic E-state index is 13.1. The van der Waals surface area contributed by atoms with Gasteiger partial charge in [0.15, 0.2) is 0 Å². The summed E-state index contributed by atoms with van der Waals surface area (Å²) >= 11 is 0. The number of aliphatic hydroxyl groups is 2. The molecule has 3 fully saturated rings. The minimum atomic E-state index is -0.691. The lowest BCUT2D eigenvalue weighted by molar-refractivity contribution is -0.211. The van der Waals surface area contributed by atoms with Crippen molar-refractivity contribution in [3.8, 4) is 0 Å². The highest BCUT2D eigenvalue weighted by molar-refractivity contribution is 5.85. The van der Waals surface area contributed by atoms with Crippen LogP contribution in [0, 0.1) is 34.0 Å². The second-order valence-corrected chi connectivity index (χ2v) is 9.87. The molecule has 3 rings (SSSR count). The first-order valence-corrected chi connectivity index (χ1v) is 10.3. The van der Waals surface area contributed by atoms with Crippen molar-refractivity contribution in [1.29, 1.82) is 0 Å². The van der Waals surface area contributed by atoms with Crippen LogP contribution in [0.15, 0.2) is 0 Å². The van der Waals surface area contributed by atoms with Crippen molar-refractivity contribution in [3.05, 3.63) is 0 Å². The van der Waals surface area contributed by atoms with Crippen LogP contribution >= 0.6 is 0 Å². The fraction of sp³-hybridized carbons (Fsp3) is 0.905. The number of Topliss-reactive ketones (excluding diaryl/α,β-unsaturated/α-hetero) is 1. The summed E-state index contributed by atoms with van der Waals surface area (Å²) in [6.45, 7) is 7.81. The van der Waals surface area contributed by atoms with E-state index in [1.807, 2.05) is 6.92 Å². The molecule has 0 aromatic heterocycles. The van der Waals surface area contributed by atoms with Crippen molar-refractivity contribution in [2.45, 2.75) is 72.0 Å². The largest absolute Gasteiger partial charge is 0.460 e. The Morgan fingerprint density at radius 3 is 2.56 bits per heavy atom. The number of esters is 1. The van der Waals surface area contributed by atoms with E-state index >= 15 is 0 Å². The van der Waals surface area contributed by atoms with E-state index in [-0.39, 0.29) is 35.5 Å². The van der Waals surface area contributed by atoms with Gasteiger partial charge in [0, 0.05) is 29.7 Å². The zero-order chi connectivity index (χ0) is 20.2. The number of aliphatic hydroxyl groups excluding tert-OH is 2. The van der Waals surface area contributed by atoms with Gasteiger partial charge >= 0.3 is 5.97 Å². The summed E-state index contributed by atoms with van der Waals surface area (Å²) in [6, 6.07) is 0. The van der Waals surface area contributed by atoms with E-state index in [9.17, 15) is 19.8 Å². The first-order chi connectivity index (χ1) is 12.6. The number of carbonyl (C=O) groups is 2. The molecule has 0 spiro atoms. The Hall–Kier alpha value is -0.980. The summed E-state index contributed by atoms with van der Waals surface area (Å²) < 4.78 is 5.76. The standard InChI is InChI=1S/C21H35NO5/c1-12-5-7-21-8-6-14(24)17(21)20(12,4)15(27-16(25)10-23)9-19(3,11-22)18(26)13(21)2/h12-13,15,17-18,23,26H,5-11,22H2,1-4H3/t12-,13+,15-,17+,18+,19+,20+,21+/m1/s1. The van der Waals surface area contributed by atoms with Crippen molar-refractivity contribution in [1.82, 2.24) is 0 Å². The average molecular weight is 382 g/mol. The summed E-state index contributed by atoms with van der Waals surface area (Å²) in [6.07, 6.45) is 2.28. The molecule has 3 aliphatic rings. The van der Waals surface area contributed by atoms with Crippen LogP contribution < -0.4 is 5.73 Å². The summed E-state index contributed by atoms with van der Waals surface area (Å²) in [5.74, 6) is -0.554. The molecule has 0 amide bonds. The number of ketones is 1. The van der Waals surface area contributed by atoms with Gasteiger partial charge < -0.3 is 20.7 Å². The Morgan fingerprint density at radius 1 is 1.30 bits per heavy atom. The van der Waals surface area contributed by atoms with Gasteiger partial charge in [-0.2, -0.15) is 0 Å². The molecule has 0 heterocycles. The van der Waals surface area contributed by atoms with Crippen LogP contribution in [-0.2, 0) is 14.3 Å². The Balaban J connectivity index is 2.19. The van der Waals surface area contributed by atoms with E-state index in [2.05, 4.69) is 20.8 Å². The normalized spacial score (nSPS) is 49.9. The van der Waals surface area contributed by atoms with Gasteiger partial charge in [0.25, 0.3) is 0 Å². The van der Waals surface area contributed by atoms with Crippen LogP contribution in [-0.4, -0.2) is 47.3 Å². The van der Waals surface area contributed by atoms with Gasteiger partial charge in [-0.05, 0) is 42.9 Å². The predicted octanol–water partition coefficient (Wildman–Crippen LogP) is 1.66. The quantitative estimate of drug-likeness (QED) is 0.641. The van der Waals surface area contributed by atoms with Gasteiger partial charge in [0.05, 0.1) is 6.10 Å². The van der Waals surface area contributed by atoms with Crippen LogP contribution in [0.4, 0.5) is 0 Å². The predicted molar refractivity (Wildman–Crippen MR) is 101 cm³/mol. The van der Waals surface area contributed by atoms with Crippen molar-refractivity contribution in [3.63, 3.8) is 0 Å². The molecule has 3 aliphatic carbocycles. The third kappa shape index (κ3) is 2.78. The van der Waals surface area contributed by atoms with E-state index in [1.165, 1.54) is 0 Å². The molecular formula is C21H35NO5. The third-order valence-electron chi connectivity index (χ3n) is 8.77. The molecule has 0 aliphatic heterocycles. The monoisotopic (exact) mass is 381 g/mol. The molecule has 2 bridgehead atoms. The summed E-state index contributed by atoms with van der Waals surface area (Å²) in [5, 5.41) is 20.6. The fourth-order valence-electron chi connectivity index (χ4n) is 6.75. The van der Waals surface area contributed by atoms with Crippen LogP contribution in [0.25, 0.3) is 0 Å². The Morgan fingerprint density at radius 2 is 1.96 bits per heavy atom. The molecule has 3 saturated carbocycles. The fourth-order valence-corrected chi connectivity index (χ4v) is 6.75. The number of hydrogen-bond acceptors (Lipinski definition) is 6.